The van der Waals surface area contributed by atoms with Crippen LogP contribution in [-0.2, 0) is 0 Å². The molecule has 0 atom stereocenters. The molecule has 0 aliphatic rings. The molecule has 0 bridgehead atoms. The Balaban J connectivity index is 3.90. The van der Waals surface area contributed by atoms with E-state index >= 15 is 0 Å². The molecule has 2 heteroatoms. The number of rotatable bonds is 3. The first kappa shape index (κ1) is 8.08. The third kappa shape index (κ3) is 3.64. The molecule has 0 heterocycles. The fourth-order valence-corrected chi connectivity index (χ4v) is 0.443. The van der Waals surface area contributed by atoms with Crippen LogP contribution < -0.4 is 0 Å². The van der Waals surface area contributed by atoms with Crippen molar-refractivity contribution in [2.75, 3.05) is 7.05 Å². The second kappa shape index (κ2) is 5.22. The van der Waals surface area contributed by atoms with Crippen molar-refractivity contribution in [2.45, 2.75) is 13.3 Å². The predicted octanol–water partition coefficient (Wildman–Crippen LogP) is 1.68. The van der Waals surface area contributed by atoms with Gasteiger partial charge in [0.25, 0.3) is 0 Å². The Morgan fingerprint density at radius 3 is 2.67 bits per heavy atom. The summed E-state index contributed by atoms with van der Waals surface area (Å²) in [6.45, 7) is 5.44. The molecule has 0 N–H and O–H groups in total. The van der Waals surface area contributed by atoms with E-state index in [4.69, 9.17) is 0 Å². The van der Waals surface area contributed by atoms with E-state index in [2.05, 4.69) is 16.7 Å². The molecule has 0 amide bonds. The van der Waals surface area contributed by atoms with Gasteiger partial charge in [-0.05, 0) is 19.2 Å². The Morgan fingerprint density at radius 1 is 1.67 bits per heavy atom. The van der Waals surface area contributed by atoms with Crippen LogP contribution in [-0.4, -0.2) is 20.0 Å². The molecule has 0 aromatic rings. The van der Waals surface area contributed by atoms with E-state index in [0.717, 1.165) is 12.1 Å². The van der Waals surface area contributed by atoms with Gasteiger partial charge >= 0.3 is 0 Å². The Hall–Kier alpha value is -0.920. The lowest BCUT2D eigenvalue weighted by atomic mass is 10.3. The van der Waals surface area contributed by atoms with Crippen molar-refractivity contribution in [1.29, 1.82) is 0 Å². The van der Waals surface area contributed by atoms with E-state index in [-0.39, 0.29) is 0 Å². The van der Waals surface area contributed by atoms with Gasteiger partial charge in [0.05, 0.1) is 0 Å². The third-order valence-corrected chi connectivity index (χ3v) is 0.981. The van der Waals surface area contributed by atoms with Gasteiger partial charge in [0.1, 0.15) is 0 Å². The van der Waals surface area contributed by atoms with Crippen LogP contribution in [0.15, 0.2) is 21.8 Å². The molecule has 0 saturated heterocycles. The van der Waals surface area contributed by atoms with E-state index in [0.29, 0.717) is 0 Å². The second-order valence-corrected chi connectivity index (χ2v) is 1.58. The van der Waals surface area contributed by atoms with Crippen molar-refractivity contribution >= 4 is 12.9 Å². The summed E-state index contributed by atoms with van der Waals surface area (Å²) in [5.74, 6) is 0. The van der Waals surface area contributed by atoms with Gasteiger partial charge in [-0.15, -0.1) is 0 Å². The summed E-state index contributed by atoms with van der Waals surface area (Å²) in [5.41, 5.74) is 0.973. The molecule has 9 heavy (non-hydrogen) atoms. The smallest absolute Gasteiger partial charge is 0.0408 e. The van der Waals surface area contributed by atoms with E-state index in [1.807, 2.05) is 13.0 Å². The largest absolute Gasteiger partial charge is 0.296 e. The number of hydrogen-bond acceptors (Lipinski definition) is 2. The van der Waals surface area contributed by atoms with Crippen molar-refractivity contribution in [1.82, 2.24) is 0 Å². The number of allylic oxidation sites excluding steroid dienone is 2. The zero-order chi connectivity index (χ0) is 7.11. The lowest BCUT2D eigenvalue weighted by molar-refractivity contribution is 1.08. The number of nitrogens with zero attached hydrogens (tertiary/aromatic N) is 2. The van der Waals surface area contributed by atoms with Crippen molar-refractivity contribution < 1.29 is 0 Å². The third-order valence-electron chi connectivity index (χ3n) is 0.981. The monoisotopic (exact) mass is 124 g/mol. The Labute approximate surface area is 56.0 Å². The first-order valence-electron chi connectivity index (χ1n) is 2.93. The summed E-state index contributed by atoms with van der Waals surface area (Å²) in [6.07, 6.45) is 4.48. The summed E-state index contributed by atoms with van der Waals surface area (Å²) in [7, 11) is 1.73. The fraction of sp³-hybridized carbons (Fsp3) is 0.429. The standard InChI is InChI=1S/C7H12N2/c1-4-7(9-3)5-6-8-2/h5-6H,3-4H2,1-2H3. The minimum Gasteiger partial charge on any atom is -0.296 e. The molecular formula is C7H12N2. The molecule has 2 nitrogen and oxygen atoms in total. The molecule has 0 radical (unpaired) electrons. The van der Waals surface area contributed by atoms with Gasteiger partial charge in [-0.1, -0.05) is 6.92 Å². The molecule has 0 unspecified atom stereocenters. The molecule has 0 aliphatic carbocycles. The summed E-state index contributed by atoms with van der Waals surface area (Å²) in [6, 6.07) is 0. The van der Waals surface area contributed by atoms with Crippen LogP contribution in [0.5, 0.6) is 0 Å². The van der Waals surface area contributed by atoms with Gasteiger partial charge in [0.2, 0.25) is 0 Å². The Kier molecular flexibility index (Phi) is 4.69. The van der Waals surface area contributed by atoms with Crippen LogP contribution in [0, 0.1) is 0 Å². The minimum absolute atomic E-state index is 0.912. The highest BCUT2D eigenvalue weighted by Gasteiger charge is 1.81. The highest BCUT2D eigenvalue weighted by Crippen LogP contribution is 1.97. The quantitative estimate of drug-likeness (QED) is 0.511. The molecule has 0 aromatic heterocycles. The zero-order valence-electron chi connectivity index (χ0n) is 5.96. The maximum atomic E-state index is 3.78. The number of hydrogen-bond donors (Lipinski definition) is 0. The average molecular weight is 124 g/mol. The normalized spacial score (nSPS) is 12.4. The van der Waals surface area contributed by atoms with Gasteiger partial charge in [-0.25, -0.2) is 0 Å². The van der Waals surface area contributed by atoms with Crippen LogP contribution in [0.4, 0.5) is 0 Å². The van der Waals surface area contributed by atoms with E-state index in [1.54, 1.807) is 13.3 Å². The van der Waals surface area contributed by atoms with Crippen molar-refractivity contribution in [2.24, 2.45) is 9.98 Å². The van der Waals surface area contributed by atoms with E-state index in [1.165, 1.54) is 0 Å². The van der Waals surface area contributed by atoms with Gasteiger partial charge in [-0.2, -0.15) is 0 Å². The van der Waals surface area contributed by atoms with E-state index in [9.17, 15) is 0 Å². The highest BCUT2D eigenvalue weighted by atomic mass is 14.7. The molecular weight excluding hydrogens is 112 g/mol. The Morgan fingerprint density at radius 2 is 2.33 bits per heavy atom. The first-order chi connectivity index (χ1) is 4.35. The SMILES string of the molecule is C=NC(=CC=NC)CC. The first-order valence-corrected chi connectivity index (χ1v) is 2.93. The minimum atomic E-state index is 0.912. The van der Waals surface area contributed by atoms with Crippen LogP contribution >= 0.6 is 0 Å². The molecule has 0 aromatic carbocycles. The predicted molar refractivity (Wildman–Crippen MR) is 42.3 cm³/mol. The summed E-state index contributed by atoms with van der Waals surface area (Å²) in [4.78, 5) is 7.55. The molecule has 50 valence electrons. The van der Waals surface area contributed by atoms with Crippen molar-refractivity contribution in [3.63, 3.8) is 0 Å². The van der Waals surface area contributed by atoms with Crippen LogP contribution in [0.3, 0.4) is 0 Å². The molecule has 0 rings (SSSR count). The Bertz CT molecular complexity index is 134. The fourth-order valence-electron chi connectivity index (χ4n) is 0.443. The van der Waals surface area contributed by atoms with Crippen LogP contribution in [0.2, 0.25) is 0 Å². The maximum Gasteiger partial charge on any atom is 0.0408 e. The van der Waals surface area contributed by atoms with Gasteiger partial charge < -0.3 is 0 Å². The molecule has 0 saturated carbocycles. The molecule has 0 fully saturated rings. The van der Waals surface area contributed by atoms with E-state index < -0.39 is 0 Å². The summed E-state index contributed by atoms with van der Waals surface area (Å²) >= 11 is 0. The topological polar surface area (TPSA) is 24.7 Å². The number of aliphatic imine (C=N–C) groups is 2. The van der Waals surface area contributed by atoms with Gasteiger partial charge in [-0.3, -0.25) is 9.98 Å². The van der Waals surface area contributed by atoms with Crippen molar-refractivity contribution in [3.05, 3.63) is 11.8 Å². The van der Waals surface area contributed by atoms with Crippen molar-refractivity contribution in [3.8, 4) is 0 Å². The summed E-state index contributed by atoms with van der Waals surface area (Å²) in [5, 5.41) is 0. The lowest BCUT2D eigenvalue weighted by Gasteiger charge is -1.88. The lowest BCUT2D eigenvalue weighted by Crippen LogP contribution is -1.74. The highest BCUT2D eigenvalue weighted by molar-refractivity contribution is 5.72. The molecule has 0 aliphatic heterocycles. The van der Waals surface area contributed by atoms with Gasteiger partial charge in [0.15, 0.2) is 0 Å². The maximum absolute atomic E-state index is 3.78. The van der Waals surface area contributed by atoms with Crippen LogP contribution in [0.1, 0.15) is 13.3 Å². The van der Waals surface area contributed by atoms with Gasteiger partial charge in [0, 0.05) is 19.0 Å². The molecule has 0 spiro atoms. The summed E-state index contributed by atoms with van der Waals surface area (Å²) < 4.78 is 0. The average Bonchev–Trinajstić information content (AvgIpc) is 1.91. The van der Waals surface area contributed by atoms with Crippen LogP contribution in [0.25, 0.3) is 0 Å². The zero-order valence-corrected chi connectivity index (χ0v) is 5.96. The second-order valence-electron chi connectivity index (χ2n) is 1.58.